The third-order valence-electron chi connectivity index (χ3n) is 7.56. The number of allylic oxidation sites excluding steroid dienone is 1. The molecule has 1 aliphatic heterocycles. The molecular weight excluding hydrogens is 711 g/mol. The van der Waals surface area contributed by atoms with Crippen LogP contribution in [0.4, 0.5) is 0 Å². The van der Waals surface area contributed by atoms with Gasteiger partial charge in [-0.1, -0.05) is 72.0 Å². The van der Waals surface area contributed by atoms with Gasteiger partial charge in [-0.25, -0.2) is 9.79 Å². The zero-order valence-electron chi connectivity index (χ0n) is 26.0. The van der Waals surface area contributed by atoms with E-state index in [1.54, 1.807) is 18.4 Å². The number of rotatable bonds is 9. The number of halogens is 1. The lowest BCUT2D eigenvalue weighted by Gasteiger charge is -2.26. The van der Waals surface area contributed by atoms with Crippen molar-refractivity contribution >= 4 is 56.7 Å². The molecule has 2 heterocycles. The number of ether oxygens (including phenoxy) is 3. The molecule has 1 atom stereocenters. The quantitative estimate of drug-likeness (QED) is 0.121. The van der Waals surface area contributed by atoms with Crippen molar-refractivity contribution in [3.8, 4) is 11.5 Å². The highest BCUT2D eigenvalue weighted by atomic mass is 127. The number of hydrogen-bond acceptors (Lipinski definition) is 7. The van der Waals surface area contributed by atoms with Gasteiger partial charge in [0.2, 0.25) is 0 Å². The van der Waals surface area contributed by atoms with Crippen molar-refractivity contribution in [1.29, 1.82) is 0 Å². The van der Waals surface area contributed by atoms with Gasteiger partial charge in [-0.2, -0.15) is 0 Å². The summed E-state index contributed by atoms with van der Waals surface area (Å²) >= 11 is 3.55. The van der Waals surface area contributed by atoms with E-state index in [1.165, 1.54) is 22.1 Å². The molecule has 0 spiro atoms. The molecule has 0 saturated carbocycles. The number of carbonyl (C=O) groups is 1. The second-order valence-corrected chi connectivity index (χ2v) is 13.3. The number of thiazole rings is 1. The number of para-hydroxylation sites is 1. The highest BCUT2D eigenvalue weighted by Gasteiger charge is 2.35. The second-order valence-electron chi connectivity index (χ2n) is 11.2. The molecule has 0 fully saturated rings. The predicted molar refractivity (Wildman–Crippen MR) is 190 cm³/mol. The Kier molecular flexibility index (Phi) is 9.42. The lowest BCUT2D eigenvalue weighted by molar-refractivity contribution is -0.139. The Hall–Kier alpha value is -4.22. The first-order valence-electron chi connectivity index (χ1n) is 15.1. The van der Waals surface area contributed by atoms with Gasteiger partial charge in [0.15, 0.2) is 4.80 Å². The molecule has 0 unspecified atom stereocenters. The first-order valence-corrected chi connectivity index (χ1v) is 17.0. The van der Waals surface area contributed by atoms with Crippen molar-refractivity contribution in [2.24, 2.45) is 4.99 Å². The van der Waals surface area contributed by atoms with Gasteiger partial charge in [-0.3, -0.25) is 9.36 Å². The Bertz CT molecular complexity index is 2160. The van der Waals surface area contributed by atoms with Gasteiger partial charge >= 0.3 is 5.97 Å². The highest BCUT2D eigenvalue weighted by molar-refractivity contribution is 14.1. The number of benzene rings is 4. The second kappa shape index (κ2) is 13.6. The van der Waals surface area contributed by atoms with Crippen molar-refractivity contribution in [3.05, 3.63) is 136 Å². The van der Waals surface area contributed by atoms with E-state index in [0.717, 1.165) is 20.4 Å². The maximum Gasteiger partial charge on any atom is 0.338 e. The standard InChI is InChI=1S/C37H33IN2O5S/c1-5-43-36(42)33-23(4)39-37-40(34(33)28-12-8-9-13-30(28)45-22(2)3)35(41)32(46-37)20-24-15-17-31(29(38)19-24)44-21-25-14-16-26-10-6-7-11-27(26)18-25/h6-20,22,34H,5,21H2,1-4H3/b32-20+/t34-/m1/s1. The third kappa shape index (κ3) is 6.52. The molecular formula is C37H33IN2O5S. The van der Waals surface area contributed by atoms with E-state index in [4.69, 9.17) is 19.2 Å². The molecule has 1 aromatic heterocycles. The van der Waals surface area contributed by atoms with E-state index in [1.807, 2.05) is 74.5 Å². The van der Waals surface area contributed by atoms with Crippen LogP contribution in [0.3, 0.4) is 0 Å². The molecule has 0 amide bonds. The van der Waals surface area contributed by atoms with E-state index in [9.17, 15) is 9.59 Å². The summed E-state index contributed by atoms with van der Waals surface area (Å²) in [6, 6.07) is 27.2. The molecule has 4 aromatic carbocycles. The van der Waals surface area contributed by atoms with Gasteiger partial charge in [-0.15, -0.1) is 0 Å². The van der Waals surface area contributed by atoms with Crippen molar-refractivity contribution in [1.82, 2.24) is 4.57 Å². The number of hydrogen-bond donors (Lipinski definition) is 0. The molecule has 1 aliphatic rings. The number of esters is 1. The Morgan fingerprint density at radius 2 is 1.76 bits per heavy atom. The Morgan fingerprint density at radius 1 is 1.00 bits per heavy atom. The SMILES string of the molecule is CCOC(=O)C1=C(C)N=c2s/c(=C/c3ccc(OCc4ccc5ccccc5c4)c(I)c3)c(=O)n2[C@@H]1c1ccccc1OC(C)C. The average molecular weight is 745 g/mol. The summed E-state index contributed by atoms with van der Waals surface area (Å²) in [5.74, 6) is 0.863. The van der Waals surface area contributed by atoms with Crippen LogP contribution in [0.2, 0.25) is 0 Å². The number of nitrogens with zero attached hydrogens (tertiary/aromatic N) is 2. The number of fused-ring (bicyclic) bond motifs is 2. The van der Waals surface area contributed by atoms with Crippen LogP contribution in [0.1, 0.15) is 50.4 Å². The first kappa shape index (κ1) is 31.7. The predicted octanol–water partition coefficient (Wildman–Crippen LogP) is 6.92. The van der Waals surface area contributed by atoms with E-state index >= 15 is 0 Å². The fraction of sp³-hybridized carbons (Fsp3) is 0.216. The molecule has 0 bridgehead atoms. The molecule has 0 N–H and O–H groups in total. The lowest BCUT2D eigenvalue weighted by atomic mass is 9.95. The maximum absolute atomic E-state index is 14.1. The molecule has 0 aliphatic carbocycles. The minimum atomic E-state index is -0.751. The van der Waals surface area contributed by atoms with Gasteiger partial charge in [0, 0.05) is 5.56 Å². The zero-order chi connectivity index (χ0) is 32.4. The fourth-order valence-corrected chi connectivity index (χ4v) is 7.26. The van der Waals surface area contributed by atoms with Crippen LogP contribution in [0.25, 0.3) is 16.8 Å². The third-order valence-corrected chi connectivity index (χ3v) is 9.38. The molecule has 5 aromatic rings. The van der Waals surface area contributed by atoms with Gasteiger partial charge in [0.05, 0.1) is 32.1 Å². The lowest BCUT2D eigenvalue weighted by Crippen LogP contribution is -2.40. The Labute approximate surface area is 284 Å². The van der Waals surface area contributed by atoms with Crippen LogP contribution in [-0.4, -0.2) is 23.2 Å². The summed E-state index contributed by atoms with van der Waals surface area (Å²) < 4.78 is 20.8. The molecule has 46 heavy (non-hydrogen) atoms. The molecule has 0 saturated heterocycles. The summed E-state index contributed by atoms with van der Waals surface area (Å²) in [5, 5.41) is 2.38. The summed E-state index contributed by atoms with van der Waals surface area (Å²) in [6.45, 7) is 8.07. The Morgan fingerprint density at radius 3 is 2.52 bits per heavy atom. The van der Waals surface area contributed by atoms with Crippen molar-refractivity contribution < 1.29 is 19.0 Å². The van der Waals surface area contributed by atoms with Crippen molar-refractivity contribution in [2.75, 3.05) is 6.61 Å². The van der Waals surface area contributed by atoms with E-state index < -0.39 is 12.0 Å². The van der Waals surface area contributed by atoms with Gasteiger partial charge < -0.3 is 14.2 Å². The van der Waals surface area contributed by atoms with Crippen LogP contribution in [0.5, 0.6) is 11.5 Å². The molecule has 9 heteroatoms. The smallest absolute Gasteiger partial charge is 0.338 e. The molecule has 6 rings (SSSR count). The summed E-state index contributed by atoms with van der Waals surface area (Å²) in [5.41, 5.74) is 3.24. The largest absolute Gasteiger partial charge is 0.491 e. The van der Waals surface area contributed by atoms with Crippen LogP contribution in [-0.2, 0) is 16.1 Å². The topological polar surface area (TPSA) is 79.1 Å². The molecule has 234 valence electrons. The van der Waals surface area contributed by atoms with Gasteiger partial charge in [-0.05, 0) is 103 Å². The summed E-state index contributed by atoms with van der Waals surface area (Å²) in [6.07, 6.45) is 1.76. The maximum atomic E-state index is 14.1. The van der Waals surface area contributed by atoms with Crippen LogP contribution in [0.15, 0.2) is 106 Å². The first-order chi connectivity index (χ1) is 22.2. The van der Waals surface area contributed by atoms with Gasteiger partial charge in [0.1, 0.15) is 24.1 Å². The van der Waals surface area contributed by atoms with E-state index in [2.05, 4.69) is 52.9 Å². The summed E-state index contributed by atoms with van der Waals surface area (Å²) in [4.78, 5) is 32.6. The van der Waals surface area contributed by atoms with Crippen molar-refractivity contribution in [2.45, 2.75) is 46.4 Å². The molecule has 0 radical (unpaired) electrons. The van der Waals surface area contributed by atoms with Crippen LogP contribution < -0.4 is 24.4 Å². The normalized spacial score (nSPS) is 14.7. The van der Waals surface area contributed by atoms with Crippen LogP contribution >= 0.6 is 33.9 Å². The van der Waals surface area contributed by atoms with Gasteiger partial charge in [0.25, 0.3) is 5.56 Å². The average Bonchev–Trinajstić information content (AvgIpc) is 3.33. The molecule has 7 nitrogen and oxygen atoms in total. The monoisotopic (exact) mass is 744 g/mol. The minimum Gasteiger partial charge on any atom is -0.491 e. The Balaban J connectivity index is 1.35. The highest BCUT2D eigenvalue weighted by Crippen LogP contribution is 2.36. The summed E-state index contributed by atoms with van der Waals surface area (Å²) in [7, 11) is 0. The fourth-order valence-electron chi connectivity index (χ4n) is 5.52. The minimum absolute atomic E-state index is 0.102. The van der Waals surface area contributed by atoms with Crippen LogP contribution in [0, 0.1) is 3.57 Å². The van der Waals surface area contributed by atoms with E-state index in [-0.39, 0.29) is 18.3 Å². The number of aromatic nitrogens is 1. The van der Waals surface area contributed by atoms with E-state index in [0.29, 0.717) is 38.5 Å². The zero-order valence-corrected chi connectivity index (χ0v) is 28.9. The number of carbonyl (C=O) groups excluding carboxylic acids is 1. The van der Waals surface area contributed by atoms with Crippen molar-refractivity contribution in [3.63, 3.8) is 0 Å².